The van der Waals surface area contributed by atoms with Crippen LogP contribution in [-0.2, 0) is 6.54 Å². The van der Waals surface area contributed by atoms with Crippen LogP contribution in [0.2, 0.25) is 0 Å². The molecule has 5 heteroatoms. The number of aryl methyl sites for hydroxylation is 1. The number of nitrogens with one attached hydrogen (secondary N) is 2. The summed E-state index contributed by atoms with van der Waals surface area (Å²) in [4.78, 5) is 14.5. The molecular formula is C20H33N3O2. The van der Waals surface area contributed by atoms with Crippen molar-refractivity contribution in [3.63, 3.8) is 0 Å². The fraction of sp³-hybridized carbons (Fsp3) is 0.650. The van der Waals surface area contributed by atoms with Crippen molar-refractivity contribution >= 4 is 6.03 Å². The number of aliphatic hydroxyl groups is 1. The third-order valence-corrected chi connectivity index (χ3v) is 4.93. The van der Waals surface area contributed by atoms with E-state index in [1.807, 2.05) is 6.92 Å². The van der Waals surface area contributed by atoms with Gasteiger partial charge in [-0.3, -0.25) is 4.90 Å². The maximum absolute atomic E-state index is 12.0. The average molecular weight is 348 g/mol. The number of likely N-dealkylation sites (tertiary alicyclic amines) is 1. The number of amides is 2. The number of carbonyl (C=O) groups excluding carboxylic acids is 1. The first-order valence-corrected chi connectivity index (χ1v) is 9.43. The summed E-state index contributed by atoms with van der Waals surface area (Å²) in [7, 11) is 0. The van der Waals surface area contributed by atoms with Crippen LogP contribution in [0.1, 0.15) is 44.2 Å². The molecule has 140 valence electrons. The minimum Gasteiger partial charge on any atom is -0.393 e. The van der Waals surface area contributed by atoms with Crippen LogP contribution in [-0.4, -0.2) is 47.8 Å². The quantitative estimate of drug-likeness (QED) is 0.710. The summed E-state index contributed by atoms with van der Waals surface area (Å²) >= 11 is 0. The molecule has 2 rings (SSSR count). The van der Waals surface area contributed by atoms with E-state index >= 15 is 0 Å². The summed E-state index contributed by atoms with van der Waals surface area (Å²) < 4.78 is 0. The Kier molecular flexibility index (Phi) is 7.72. The molecule has 1 aliphatic heterocycles. The monoisotopic (exact) mass is 347 g/mol. The van der Waals surface area contributed by atoms with E-state index in [9.17, 15) is 9.90 Å². The van der Waals surface area contributed by atoms with Crippen molar-refractivity contribution in [2.45, 2.75) is 58.7 Å². The van der Waals surface area contributed by atoms with Crippen LogP contribution in [0.4, 0.5) is 4.79 Å². The van der Waals surface area contributed by atoms with Crippen molar-refractivity contribution in [2.24, 2.45) is 5.92 Å². The zero-order valence-electron chi connectivity index (χ0n) is 15.8. The van der Waals surface area contributed by atoms with E-state index in [-0.39, 0.29) is 24.1 Å². The average Bonchev–Trinajstić information content (AvgIpc) is 2.56. The molecule has 1 aromatic rings. The minimum atomic E-state index is -0.322. The highest BCUT2D eigenvalue weighted by Crippen LogP contribution is 2.16. The van der Waals surface area contributed by atoms with Gasteiger partial charge in [-0.05, 0) is 50.2 Å². The number of urea groups is 1. The number of rotatable bonds is 7. The van der Waals surface area contributed by atoms with Gasteiger partial charge in [0.25, 0.3) is 0 Å². The normalized spacial score (nSPS) is 18.6. The van der Waals surface area contributed by atoms with Gasteiger partial charge in [0.15, 0.2) is 0 Å². The lowest BCUT2D eigenvalue weighted by Crippen LogP contribution is -2.48. The van der Waals surface area contributed by atoms with Crippen molar-refractivity contribution in [2.75, 3.05) is 19.6 Å². The Balaban J connectivity index is 1.66. The van der Waals surface area contributed by atoms with E-state index in [2.05, 4.69) is 46.7 Å². The summed E-state index contributed by atoms with van der Waals surface area (Å²) in [5.74, 6) is 0.279. The third kappa shape index (κ3) is 7.04. The largest absolute Gasteiger partial charge is 0.393 e. The molecule has 5 nitrogen and oxygen atoms in total. The topological polar surface area (TPSA) is 64.6 Å². The molecule has 0 radical (unpaired) electrons. The Morgan fingerprint density at radius 1 is 1.28 bits per heavy atom. The first kappa shape index (κ1) is 19.7. The first-order valence-electron chi connectivity index (χ1n) is 9.43. The van der Waals surface area contributed by atoms with Gasteiger partial charge in [0.1, 0.15) is 0 Å². The number of hydrogen-bond acceptors (Lipinski definition) is 3. The van der Waals surface area contributed by atoms with Crippen molar-refractivity contribution in [1.82, 2.24) is 15.5 Å². The van der Waals surface area contributed by atoms with Gasteiger partial charge in [0.2, 0.25) is 0 Å². The Morgan fingerprint density at radius 2 is 1.96 bits per heavy atom. The van der Waals surface area contributed by atoms with Gasteiger partial charge >= 0.3 is 6.03 Å². The van der Waals surface area contributed by atoms with Crippen LogP contribution < -0.4 is 10.6 Å². The summed E-state index contributed by atoms with van der Waals surface area (Å²) in [6, 6.07) is 8.69. The zero-order valence-corrected chi connectivity index (χ0v) is 15.8. The summed E-state index contributed by atoms with van der Waals surface area (Å²) in [6.07, 6.45) is 2.36. The molecule has 1 fully saturated rings. The molecule has 2 atom stereocenters. The van der Waals surface area contributed by atoms with E-state index in [1.54, 1.807) is 6.92 Å². The van der Waals surface area contributed by atoms with Gasteiger partial charge < -0.3 is 15.7 Å². The molecule has 0 spiro atoms. The molecule has 2 unspecified atom stereocenters. The molecule has 1 saturated heterocycles. The highest BCUT2D eigenvalue weighted by molar-refractivity contribution is 5.74. The van der Waals surface area contributed by atoms with Gasteiger partial charge in [-0.25, -0.2) is 4.79 Å². The first-order chi connectivity index (χ1) is 11.9. The van der Waals surface area contributed by atoms with Gasteiger partial charge in [0.05, 0.1) is 6.10 Å². The van der Waals surface area contributed by atoms with Crippen LogP contribution in [0.25, 0.3) is 0 Å². The number of benzene rings is 1. The highest BCUT2D eigenvalue weighted by Gasteiger charge is 2.21. The fourth-order valence-electron chi connectivity index (χ4n) is 3.43. The number of piperidine rings is 1. The molecule has 0 saturated carbocycles. The molecule has 3 N–H and O–H groups in total. The van der Waals surface area contributed by atoms with Gasteiger partial charge in [-0.15, -0.1) is 0 Å². The van der Waals surface area contributed by atoms with Crippen LogP contribution in [0.3, 0.4) is 0 Å². The van der Waals surface area contributed by atoms with E-state index in [4.69, 9.17) is 0 Å². The molecule has 0 aromatic heterocycles. The van der Waals surface area contributed by atoms with Gasteiger partial charge in [-0.2, -0.15) is 0 Å². The second-order valence-electron chi connectivity index (χ2n) is 7.52. The summed E-state index contributed by atoms with van der Waals surface area (Å²) in [6.45, 7) is 9.59. The lowest BCUT2D eigenvalue weighted by Gasteiger charge is -2.32. The second-order valence-corrected chi connectivity index (χ2v) is 7.52. The molecule has 1 aliphatic rings. The predicted octanol–water partition coefficient (Wildman–Crippen LogP) is 2.67. The lowest BCUT2D eigenvalue weighted by molar-refractivity contribution is 0.162. The summed E-state index contributed by atoms with van der Waals surface area (Å²) in [5.41, 5.74) is 2.73. The molecule has 0 aliphatic carbocycles. The SMILES string of the molecule is Cc1ccccc1CN1CCC(NC(=O)NCC(C)CC(C)O)CC1. The lowest BCUT2D eigenvalue weighted by atomic mass is 10.0. The van der Waals surface area contributed by atoms with Gasteiger partial charge in [-0.1, -0.05) is 31.2 Å². The number of aliphatic hydroxyl groups excluding tert-OH is 1. The van der Waals surface area contributed by atoms with Crippen LogP contribution in [0.5, 0.6) is 0 Å². The van der Waals surface area contributed by atoms with E-state index < -0.39 is 0 Å². The fourth-order valence-corrected chi connectivity index (χ4v) is 3.43. The molecule has 2 amide bonds. The molecular weight excluding hydrogens is 314 g/mol. The Hall–Kier alpha value is -1.59. The van der Waals surface area contributed by atoms with Crippen molar-refractivity contribution < 1.29 is 9.90 Å². The molecule has 25 heavy (non-hydrogen) atoms. The van der Waals surface area contributed by atoms with E-state index in [1.165, 1.54) is 11.1 Å². The predicted molar refractivity (Wildman–Crippen MR) is 101 cm³/mol. The van der Waals surface area contributed by atoms with Crippen LogP contribution >= 0.6 is 0 Å². The Morgan fingerprint density at radius 3 is 2.60 bits per heavy atom. The molecule has 1 aromatic carbocycles. The second kappa shape index (κ2) is 9.78. The molecule has 1 heterocycles. The molecule has 0 bridgehead atoms. The zero-order chi connectivity index (χ0) is 18.2. The van der Waals surface area contributed by atoms with Crippen LogP contribution in [0, 0.1) is 12.8 Å². The maximum Gasteiger partial charge on any atom is 0.315 e. The van der Waals surface area contributed by atoms with Crippen LogP contribution in [0.15, 0.2) is 24.3 Å². The van der Waals surface area contributed by atoms with Crippen molar-refractivity contribution in [3.8, 4) is 0 Å². The smallest absolute Gasteiger partial charge is 0.315 e. The number of hydrogen-bond donors (Lipinski definition) is 3. The minimum absolute atomic E-state index is 0.0882. The highest BCUT2D eigenvalue weighted by atomic mass is 16.3. The Bertz CT molecular complexity index is 539. The van der Waals surface area contributed by atoms with Crippen molar-refractivity contribution in [1.29, 1.82) is 0 Å². The number of carbonyl (C=O) groups is 1. The summed E-state index contributed by atoms with van der Waals surface area (Å²) in [5, 5.41) is 15.4. The van der Waals surface area contributed by atoms with E-state index in [0.29, 0.717) is 13.0 Å². The van der Waals surface area contributed by atoms with Crippen molar-refractivity contribution in [3.05, 3.63) is 35.4 Å². The maximum atomic E-state index is 12.0. The standard InChI is InChI=1S/C20H33N3O2/c1-15(12-17(3)24)13-21-20(25)22-19-8-10-23(11-9-19)14-18-7-5-4-6-16(18)2/h4-7,15,17,19,24H,8-14H2,1-3H3,(H2,21,22,25). The van der Waals surface area contributed by atoms with Gasteiger partial charge in [0, 0.05) is 32.2 Å². The number of nitrogens with zero attached hydrogens (tertiary/aromatic N) is 1. The Labute approximate surface area is 151 Å². The van der Waals surface area contributed by atoms with E-state index in [0.717, 1.165) is 32.5 Å². The third-order valence-electron chi connectivity index (χ3n) is 4.93.